The van der Waals surface area contributed by atoms with Crippen LogP contribution < -0.4 is 16.0 Å². The van der Waals surface area contributed by atoms with Crippen molar-refractivity contribution < 1.29 is 22.4 Å². The highest BCUT2D eigenvalue weighted by molar-refractivity contribution is 5.89. The summed E-state index contributed by atoms with van der Waals surface area (Å²) in [6.45, 7) is 0.478. The molecule has 2 amide bonds. The maximum absolute atomic E-state index is 12.7. The number of hydrogen-bond donors (Lipinski definition) is 3. The first kappa shape index (κ1) is 17.2. The fraction of sp³-hybridized carbons (Fsp3) is 0.462. The van der Waals surface area contributed by atoms with Crippen molar-refractivity contribution in [3.8, 4) is 0 Å². The Morgan fingerprint density at radius 1 is 1.33 bits per heavy atom. The van der Waals surface area contributed by atoms with Crippen LogP contribution in [0.3, 0.4) is 0 Å². The van der Waals surface area contributed by atoms with Gasteiger partial charge in [0, 0.05) is 11.7 Å². The lowest BCUT2D eigenvalue weighted by atomic mass is 10.1. The van der Waals surface area contributed by atoms with Gasteiger partial charge in [0.25, 0.3) is 0 Å². The molecule has 0 aromatic heterocycles. The second-order valence-electron chi connectivity index (χ2n) is 4.51. The number of amides is 2. The molecule has 3 N–H and O–H groups in total. The molecule has 0 saturated carbocycles. The second kappa shape index (κ2) is 7.26. The van der Waals surface area contributed by atoms with E-state index in [1.54, 1.807) is 30.6 Å². The Morgan fingerprint density at radius 3 is 2.57 bits per heavy atom. The Hall–Kier alpha value is -1.83. The third-order valence-electron chi connectivity index (χ3n) is 2.88. The zero-order valence-electron chi connectivity index (χ0n) is 11.6. The molecule has 0 aliphatic rings. The molecule has 8 heteroatoms. The van der Waals surface area contributed by atoms with Gasteiger partial charge in [-0.2, -0.15) is 8.78 Å². The van der Waals surface area contributed by atoms with E-state index in [2.05, 4.69) is 10.6 Å². The molecule has 0 bridgehead atoms. The molecule has 1 aromatic rings. The van der Waals surface area contributed by atoms with E-state index in [4.69, 9.17) is 0 Å². The van der Waals surface area contributed by atoms with Gasteiger partial charge < -0.3 is 16.0 Å². The number of carbonyl (C=O) groups excluding carboxylic acids is 1. The summed E-state index contributed by atoms with van der Waals surface area (Å²) in [5.41, 5.74) is 1.26. The number of nitrogens with one attached hydrogen (secondary N) is 3. The van der Waals surface area contributed by atoms with Gasteiger partial charge in [-0.05, 0) is 31.7 Å². The summed E-state index contributed by atoms with van der Waals surface area (Å²) >= 11 is 0. The van der Waals surface area contributed by atoms with Crippen molar-refractivity contribution in [2.45, 2.75) is 25.3 Å². The molecule has 0 spiro atoms. The van der Waals surface area contributed by atoms with E-state index in [0.29, 0.717) is 5.69 Å². The minimum atomic E-state index is -4.25. The monoisotopic (exact) mass is 307 g/mol. The zero-order chi connectivity index (χ0) is 16.0. The van der Waals surface area contributed by atoms with Gasteiger partial charge in [-0.25, -0.2) is 13.6 Å². The van der Waals surface area contributed by atoms with Gasteiger partial charge in [0.2, 0.25) is 0 Å². The predicted octanol–water partition coefficient (Wildman–Crippen LogP) is 2.99. The Balaban J connectivity index is 2.59. The number of alkyl halides is 4. The average Bonchev–Trinajstić information content (AvgIpc) is 2.44. The summed E-state index contributed by atoms with van der Waals surface area (Å²) in [4.78, 5) is 11.4. The van der Waals surface area contributed by atoms with Crippen molar-refractivity contribution in [3.63, 3.8) is 0 Å². The van der Waals surface area contributed by atoms with Crippen LogP contribution in [0.2, 0.25) is 0 Å². The van der Waals surface area contributed by atoms with Crippen molar-refractivity contribution >= 4 is 11.7 Å². The van der Waals surface area contributed by atoms with Crippen LogP contribution in [0.1, 0.15) is 18.5 Å². The quantitative estimate of drug-likeness (QED) is 0.708. The number of urea groups is 1. The third kappa shape index (κ3) is 5.22. The first-order valence-electron chi connectivity index (χ1n) is 6.24. The highest BCUT2D eigenvalue weighted by Gasteiger charge is 2.40. The van der Waals surface area contributed by atoms with Gasteiger partial charge in [-0.3, -0.25) is 0 Å². The number of carbonyl (C=O) groups is 1. The Kier molecular flexibility index (Phi) is 5.95. The maximum atomic E-state index is 12.7. The summed E-state index contributed by atoms with van der Waals surface area (Å²) in [5.74, 6) is -4.25. The number of benzene rings is 1. The minimum Gasteiger partial charge on any atom is -0.332 e. The number of anilines is 1. The smallest absolute Gasteiger partial charge is 0.324 e. The highest BCUT2D eigenvalue weighted by Crippen LogP contribution is 2.21. The van der Waals surface area contributed by atoms with E-state index in [-0.39, 0.29) is 6.04 Å². The molecule has 0 heterocycles. The molecule has 0 aliphatic carbocycles. The summed E-state index contributed by atoms with van der Waals surface area (Å²) in [6.07, 6.45) is -3.82. The molecule has 0 aliphatic heterocycles. The first-order chi connectivity index (χ1) is 9.76. The van der Waals surface area contributed by atoms with Crippen LogP contribution in [0.15, 0.2) is 24.3 Å². The number of hydrogen-bond acceptors (Lipinski definition) is 2. The van der Waals surface area contributed by atoms with Gasteiger partial charge in [0.15, 0.2) is 0 Å². The van der Waals surface area contributed by atoms with Crippen LogP contribution in [0, 0.1) is 0 Å². The van der Waals surface area contributed by atoms with Crippen LogP contribution in [0.5, 0.6) is 0 Å². The molecule has 4 nitrogen and oxygen atoms in total. The molecular formula is C13H17F4N3O. The second-order valence-corrected chi connectivity index (χ2v) is 4.51. The van der Waals surface area contributed by atoms with Crippen molar-refractivity contribution in [1.82, 2.24) is 10.6 Å². The Morgan fingerprint density at radius 2 is 2.00 bits per heavy atom. The van der Waals surface area contributed by atoms with E-state index in [1.165, 1.54) is 0 Å². The van der Waals surface area contributed by atoms with Crippen molar-refractivity contribution in [1.29, 1.82) is 0 Å². The summed E-state index contributed by atoms with van der Waals surface area (Å²) in [7, 11) is 1.77. The standard InChI is InChI=1S/C13H17F4N3O/c1-8(18-2)9-4-3-5-10(6-9)20-12(21)19-7-13(16,17)11(14)15/h3-6,8,11,18H,7H2,1-2H3,(H2,19,20,21). The van der Waals surface area contributed by atoms with Gasteiger partial charge in [-0.15, -0.1) is 0 Å². The van der Waals surface area contributed by atoms with Crippen LogP contribution in [-0.2, 0) is 0 Å². The lowest BCUT2D eigenvalue weighted by molar-refractivity contribution is -0.123. The molecule has 1 aromatic carbocycles. The zero-order valence-corrected chi connectivity index (χ0v) is 11.6. The van der Waals surface area contributed by atoms with E-state index >= 15 is 0 Å². The number of halogens is 4. The normalized spacial score (nSPS) is 13.1. The van der Waals surface area contributed by atoms with Gasteiger partial charge >= 0.3 is 18.4 Å². The van der Waals surface area contributed by atoms with Crippen LogP contribution in [0.4, 0.5) is 28.0 Å². The van der Waals surface area contributed by atoms with Crippen LogP contribution in [0.25, 0.3) is 0 Å². The van der Waals surface area contributed by atoms with Crippen LogP contribution in [-0.4, -0.2) is 32.0 Å². The SMILES string of the molecule is CNC(C)c1cccc(NC(=O)NCC(F)(F)C(F)F)c1. The molecular weight excluding hydrogens is 290 g/mol. The Bertz CT molecular complexity index is 482. The lowest BCUT2D eigenvalue weighted by Crippen LogP contribution is -2.42. The summed E-state index contributed by atoms with van der Waals surface area (Å²) in [6, 6.07) is 5.81. The predicted molar refractivity (Wildman–Crippen MR) is 71.9 cm³/mol. The molecule has 21 heavy (non-hydrogen) atoms. The topological polar surface area (TPSA) is 53.2 Å². The van der Waals surface area contributed by atoms with Crippen LogP contribution >= 0.6 is 0 Å². The van der Waals surface area contributed by atoms with Crippen molar-refractivity contribution in [3.05, 3.63) is 29.8 Å². The molecule has 1 rings (SSSR count). The van der Waals surface area contributed by atoms with Crippen molar-refractivity contribution in [2.24, 2.45) is 0 Å². The summed E-state index contributed by atoms with van der Waals surface area (Å²) in [5, 5.41) is 7.04. The van der Waals surface area contributed by atoms with Gasteiger partial charge in [0.1, 0.15) is 0 Å². The molecule has 0 saturated heterocycles. The summed E-state index contributed by atoms with van der Waals surface area (Å²) < 4.78 is 49.2. The molecule has 0 fully saturated rings. The fourth-order valence-corrected chi connectivity index (χ4v) is 1.50. The van der Waals surface area contributed by atoms with Gasteiger partial charge in [0.05, 0.1) is 6.54 Å². The lowest BCUT2D eigenvalue weighted by Gasteiger charge is -2.16. The molecule has 1 unspecified atom stereocenters. The van der Waals surface area contributed by atoms with E-state index in [0.717, 1.165) is 5.56 Å². The maximum Gasteiger partial charge on any atom is 0.324 e. The largest absolute Gasteiger partial charge is 0.332 e. The molecule has 1 atom stereocenters. The number of rotatable bonds is 6. The fourth-order valence-electron chi connectivity index (χ4n) is 1.50. The third-order valence-corrected chi connectivity index (χ3v) is 2.88. The molecule has 0 radical (unpaired) electrons. The Labute approximate surface area is 119 Å². The van der Waals surface area contributed by atoms with E-state index in [9.17, 15) is 22.4 Å². The van der Waals surface area contributed by atoms with Gasteiger partial charge in [-0.1, -0.05) is 12.1 Å². The van der Waals surface area contributed by atoms with E-state index in [1.807, 2.05) is 13.0 Å². The first-order valence-corrected chi connectivity index (χ1v) is 6.24. The van der Waals surface area contributed by atoms with E-state index < -0.39 is 24.9 Å². The molecule has 118 valence electrons. The minimum absolute atomic E-state index is 0.0398. The average molecular weight is 307 g/mol. The highest BCUT2D eigenvalue weighted by atomic mass is 19.3. The van der Waals surface area contributed by atoms with Crippen molar-refractivity contribution in [2.75, 3.05) is 18.9 Å².